The van der Waals surface area contributed by atoms with Crippen molar-refractivity contribution in [2.24, 2.45) is 11.7 Å². The molecule has 25 heavy (non-hydrogen) atoms. The highest BCUT2D eigenvalue weighted by Crippen LogP contribution is 2.31. The minimum absolute atomic E-state index is 0.0351. The van der Waals surface area contributed by atoms with E-state index in [1.165, 1.54) is 0 Å². The van der Waals surface area contributed by atoms with Gasteiger partial charge in [-0.05, 0) is 63.1 Å². The molecule has 1 aliphatic heterocycles. The Morgan fingerprint density at radius 3 is 2.96 bits per heavy atom. The normalized spacial score (nSPS) is 26.9. The molecule has 1 aromatic carbocycles. The summed E-state index contributed by atoms with van der Waals surface area (Å²) < 4.78 is 0. The lowest BCUT2D eigenvalue weighted by molar-refractivity contribution is 0.145. The van der Waals surface area contributed by atoms with Crippen LogP contribution in [-0.4, -0.2) is 40.0 Å². The van der Waals surface area contributed by atoms with Crippen molar-refractivity contribution >= 4 is 17.1 Å². The summed E-state index contributed by atoms with van der Waals surface area (Å²) in [5.74, 6) is 1.46. The summed E-state index contributed by atoms with van der Waals surface area (Å²) >= 11 is 0. The SMILES string of the molecule is NCC1CCC(NC(=O)N2CCCCC2c2nc3ccccc3[nH]2)C1. The largest absolute Gasteiger partial charge is 0.340 e. The van der Waals surface area contributed by atoms with E-state index in [2.05, 4.69) is 10.3 Å². The zero-order chi connectivity index (χ0) is 17.2. The first-order valence-electron chi connectivity index (χ1n) is 9.46. The molecule has 2 aliphatic rings. The summed E-state index contributed by atoms with van der Waals surface area (Å²) in [6.45, 7) is 1.51. The first kappa shape index (κ1) is 16.4. The zero-order valence-corrected chi connectivity index (χ0v) is 14.6. The number of carbonyl (C=O) groups excluding carboxylic acids is 1. The maximum Gasteiger partial charge on any atom is 0.318 e. The molecule has 4 rings (SSSR count). The topological polar surface area (TPSA) is 87.0 Å². The molecule has 0 spiro atoms. The van der Waals surface area contributed by atoms with Crippen LogP contribution in [0.4, 0.5) is 4.79 Å². The molecule has 0 bridgehead atoms. The number of rotatable bonds is 3. The number of piperidine rings is 1. The first-order chi connectivity index (χ1) is 12.2. The van der Waals surface area contributed by atoms with Gasteiger partial charge in [-0.3, -0.25) is 0 Å². The molecule has 6 heteroatoms. The smallest absolute Gasteiger partial charge is 0.318 e. The van der Waals surface area contributed by atoms with Gasteiger partial charge in [0.05, 0.1) is 17.1 Å². The number of carbonyl (C=O) groups is 1. The number of benzene rings is 1. The predicted molar refractivity (Wildman–Crippen MR) is 98.1 cm³/mol. The lowest BCUT2D eigenvalue weighted by Crippen LogP contribution is -2.47. The van der Waals surface area contributed by atoms with Gasteiger partial charge >= 0.3 is 6.03 Å². The third kappa shape index (κ3) is 3.35. The Hall–Kier alpha value is -2.08. The molecule has 1 aliphatic carbocycles. The average molecular weight is 341 g/mol. The number of aromatic nitrogens is 2. The highest BCUT2D eigenvalue weighted by atomic mass is 16.2. The van der Waals surface area contributed by atoms with Crippen LogP contribution in [0.3, 0.4) is 0 Å². The van der Waals surface area contributed by atoms with Crippen molar-refractivity contribution in [2.45, 2.75) is 50.6 Å². The lowest BCUT2D eigenvalue weighted by atomic mass is 10.0. The van der Waals surface area contributed by atoms with Crippen LogP contribution < -0.4 is 11.1 Å². The summed E-state index contributed by atoms with van der Waals surface area (Å²) in [7, 11) is 0. The number of urea groups is 1. The maximum atomic E-state index is 12.9. The van der Waals surface area contributed by atoms with Crippen LogP contribution in [0.25, 0.3) is 11.0 Å². The van der Waals surface area contributed by atoms with Crippen molar-refractivity contribution in [3.63, 3.8) is 0 Å². The highest BCUT2D eigenvalue weighted by Gasteiger charge is 2.32. The Bertz CT molecular complexity index is 709. The quantitative estimate of drug-likeness (QED) is 0.802. The number of para-hydroxylation sites is 2. The first-order valence-corrected chi connectivity index (χ1v) is 9.46. The second kappa shape index (κ2) is 7.04. The van der Waals surface area contributed by atoms with Crippen LogP contribution in [-0.2, 0) is 0 Å². The summed E-state index contributed by atoms with van der Waals surface area (Å²) in [5, 5.41) is 3.24. The Balaban J connectivity index is 1.49. The van der Waals surface area contributed by atoms with Crippen LogP contribution in [0.5, 0.6) is 0 Å². The van der Waals surface area contributed by atoms with Crippen molar-refractivity contribution in [1.82, 2.24) is 20.2 Å². The fourth-order valence-corrected chi connectivity index (χ4v) is 4.27. The van der Waals surface area contributed by atoms with Crippen LogP contribution >= 0.6 is 0 Å². The van der Waals surface area contributed by atoms with Gasteiger partial charge in [-0.2, -0.15) is 0 Å². The van der Waals surface area contributed by atoms with Crippen LogP contribution in [0.1, 0.15) is 50.4 Å². The summed E-state index contributed by atoms with van der Waals surface area (Å²) in [6, 6.07) is 8.38. The summed E-state index contributed by atoms with van der Waals surface area (Å²) in [6.07, 6.45) is 6.31. The fourth-order valence-electron chi connectivity index (χ4n) is 4.27. The Kier molecular flexibility index (Phi) is 4.61. The molecule has 2 aromatic rings. The number of amides is 2. The van der Waals surface area contributed by atoms with Crippen LogP contribution in [0, 0.1) is 5.92 Å². The summed E-state index contributed by atoms with van der Waals surface area (Å²) in [4.78, 5) is 23.0. The van der Waals surface area contributed by atoms with Crippen molar-refractivity contribution in [3.05, 3.63) is 30.1 Å². The second-order valence-corrected chi connectivity index (χ2v) is 7.41. The minimum atomic E-state index is 0.0351. The monoisotopic (exact) mass is 341 g/mol. The van der Waals surface area contributed by atoms with Crippen LogP contribution in [0.2, 0.25) is 0 Å². The number of imidazole rings is 1. The van der Waals surface area contributed by atoms with Crippen molar-refractivity contribution in [3.8, 4) is 0 Å². The van der Waals surface area contributed by atoms with E-state index < -0.39 is 0 Å². The van der Waals surface area contributed by atoms with Gasteiger partial charge in [-0.1, -0.05) is 12.1 Å². The van der Waals surface area contributed by atoms with E-state index in [0.29, 0.717) is 5.92 Å². The number of hydrogen-bond donors (Lipinski definition) is 3. The fraction of sp³-hybridized carbons (Fsp3) is 0.579. The lowest BCUT2D eigenvalue weighted by Gasteiger charge is -2.35. The number of fused-ring (bicyclic) bond motifs is 1. The zero-order valence-electron chi connectivity index (χ0n) is 14.6. The van der Waals surface area contributed by atoms with Gasteiger partial charge in [0.1, 0.15) is 5.82 Å². The molecule has 3 atom stereocenters. The molecular weight excluding hydrogens is 314 g/mol. The van der Waals surface area contributed by atoms with E-state index in [-0.39, 0.29) is 18.1 Å². The number of likely N-dealkylation sites (tertiary alicyclic amines) is 1. The maximum absolute atomic E-state index is 12.9. The third-order valence-corrected chi connectivity index (χ3v) is 5.69. The van der Waals surface area contributed by atoms with E-state index in [9.17, 15) is 4.79 Å². The number of hydrogen-bond acceptors (Lipinski definition) is 3. The van der Waals surface area contributed by atoms with E-state index in [1.54, 1.807) is 0 Å². The minimum Gasteiger partial charge on any atom is -0.340 e. The molecule has 4 N–H and O–H groups in total. The highest BCUT2D eigenvalue weighted by molar-refractivity contribution is 5.77. The van der Waals surface area contributed by atoms with Gasteiger partial charge in [0.15, 0.2) is 0 Å². The summed E-state index contributed by atoms with van der Waals surface area (Å²) in [5.41, 5.74) is 7.76. The number of nitrogens with zero attached hydrogens (tertiary/aromatic N) is 2. The molecule has 1 saturated heterocycles. The number of H-pyrrole nitrogens is 1. The van der Waals surface area contributed by atoms with Gasteiger partial charge in [0, 0.05) is 12.6 Å². The molecule has 2 heterocycles. The van der Waals surface area contributed by atoms with Gasteiger partial charge in [-0.15, -0.1) is 0 Å². The van der Waals surface area contributed by atoms with Crippen molar-refractivity contribution in [2.75, 3.05) is 13.1 Å². The van der Waals surface area contributed by atoms with Gasteiger partial charge in [0.2, 0.25) is 0 Å². The number of aromatic amines is 1. The van der Waals surface area contributed by atoms with Crippen LogP contribution in [0.15, 0.2) is 24.3 Å². The van der Waals surface area contributed by atoms with Gasteiger partial charge in [0.25, 0.3) is 0 Å². The molecule has 0 radical (unpaired) electrons. The molecule has 1 aromatic heterocycles. The molecule has 2 fully saturated rings. The number of nitrogens with one attached hydrogen (secondary N) is 2. The third-order valence-electron chi connectivity index (χ3n) is 5.69. The molecule has 3 unspecified atom stereocenters. The molecule has 6 nitrogen and oxygen atoms in total. The Morgan fingerprint density at radius 1 is 1.28 bits per heavy atom. The standard InChI is InChI=1S/C19H27N5O/c20-12-13-8-9-14(11-13)21-19(25)24-10-4-3-7-17(24)18-22-15-5-1-2-6-16(15)23-18/h1-2,5-6,13-14,17H,3-4,7-12,20H2,(H,21,25)(H,22,23). The van der Waals surface area contributed by atoms with Crippen molar-refractivity contribution < 1.29 is 4.79 Å². The Labute approximate surface area is 148 Å². The van der Waals surface area contributed by atoms with Crippen molar-refractivity contribution in [1.29, 1.82) is 0 Å². The number of nitrogens with two attached hydrogens (primary N) is 1. The second-order valence-electron chi connectivity index (χ2n) is 7.41. The van der Waals surface area contributed by atoms with E-state index in [0.717, 1.165) is 68.5 Å². The Morgan fingerprint density at radius 2 is 2.16 bits per heavy atom. The molecule has 1 saturated carbocycles. The average Bonchev–Trinajstić information content (AvgIpc) is 3.28. The molecule has 2 amide bonds. The van der Waals surface area contributed by atoms with E-state index >= 15 is 0 Å². The van der Waals surface area contributed by atoms with Gasteiger partial charge < -0.3 is 20.9 Å². The van der Waals surface area contributed by atoms with E-state index in [1.807, 2.05) is 29.2 Å². The molecule has 134 valence electrons. The van der Waals surface area contributed by atoms with Gasteiger partial charge in [-0.25, -0.2) is 9.78 Å². The van der Waals surface area contributed by atoms with E-state index in [4.69, 9.17) is 10.7 Å². The predicted octanol–water partition coefficient (Wildman–Crippen LogP) is 2.93. The molecular formula is C19H27N5O.